The number of aryl methyl sites for hydroxylation is 2. The number of aliphatic hydroxyl groups excluding tert-OH is 1. The quantitative estimate of drug-likeness (QED) is 0.716. The first-order valence-corrected chi connectivity index (χ1v) is 8.65. The first-order chi connectivity index (χ1) is 11.9. The van der Waals surface area contributed by atoms with Gasteiger partial charge < -0.3 is 20.3 Å². The molecule has 0 bridgehead atoms. The number of aliphatic hydroxyl groups is 1. The van der Waals surface area contributed by atoms with E-state index in [2.05, 4.69) is 15.8 Å². The number of rotatable bonds is 7. The molecule has 1 heterocycles. The van der Waals surface area contributed by atoms with Crippen LogP contribution < -0.4 is 10.6 Å². The summed E-state index contributed by atoms with van der Waals surface area (Å²) in [6.07, 6.45) is 0.567. The van der Waals surface area contributed by atoms with Crippen molar-refractivity contribution in [2.45, 2.75) is 58.7 Å². The molecule has 6 heteroatoms. The summed E-state index contributed by atoms with van der Waals surface area (Å²) in [4.78, 5) is 12.3. The number of benzene rings is 1. The standard InChI is InChI=1S/C19H27N3O3/c1-5-16(18-13(3)22-25-14(18)4)21-19(24)20-12(2)11-17(23)15-9-7-6-8-10-15/h6-10,12,16-17,23H,5,11H2,1-4H3,(H2,20,21,24). The van der Waals surface area contributed by atoms with E-state index in [0.717, 1.165) is 29.0 Å². The van der Waals surface area contributed by atoms with Crippen molar-refractivity contribution in [3.05, 3.63) is 52.9 Å². The van der Waals surface area contributed by atoms with Gasteiger partial charge in [-0.1, -0.05) is 42.4 Å². The number of amides is 2. The van der Waals surface area contributed by atoms with Crippen LogP contribution in [0, 0.1) is 13.8 Å². The Morgan fingerprint density at radius 3 is 2.48 bits per heavy atom. The fourth-order valence-electron chi connectivity index (χ4n) is 2.99. The molecule has 136 valence electrons. The lowest BCUT2D eigenvalue weighted by Crippen LogP contribution is -2.43. The number of hydrogen-bond acceptors (Lipinski definition) is 4. The molecule has 3 N–H and O–H groups in total. The minimum Gasteiger partial charge on any atom is -0.388 e. The van der Waals surface area contributed by atoms with Crippen molar-refractivity contribution >= 4 is 6.03 Å². The highest BCUT2D eigenvalue weighted by Crippen LogP contribution is 2.24. The zero-order chi connectivity index (χ0) is 18.4. The predicted molar refractivity (Wildman–Crippen MR) is 96.2 cm³/mol. The Bertz CT molecular complexity index is 665. The topological polar surface area (TPSA) is 87.4 Å². The van der Waals surface area contributed by atoms with Gasteiger partial charge in [-0.2, -0.15) is 0 Å². The van der Waals surface area contributed by atoms with E-state index in [-0.39, 0.29) is 18.1 Å². The average Bonchev–Trinajstić information content (AvgIpc) is 2.92. The Labute approximate surface area is 148 Å². The number of carbonyl (C=O) groups excluding carboxylic acids is 1. The van der Waals surface area contributed by atoms with Crippen LogP contribution in [0.5, 0.6) is 0 Å². The number of carbonyl (C=O) groups is 1. The molecule has 0 saturated carbocycles. The number of urea groups is 1. The Morgan fingerprint density at radius 1 is 1.24 bits per heavy atom. The van der Waals surface area contributed by atoms with Gasteiger partial charge in [0.15, 0.2) is 0 Å². The summed E-state index contributed by atoms with van der Waals surface area (Å²) in [7, 11) is 0. The highest BCUT2D eigenvalue weighted by Gasteiger charge is 2.22. The third kappa shape index (κ3) is 5.06. The summed E-state index contributed by atoms with van der Waals surface area (Å²) in [5.74, 6) is 0.720. The first kappa shape index (κ1) is 19.0. The van der Waals surface area contributed by atoms with Gasteiger partial charge in [0.05, 0.1) is 17.8 Å². The molecule has 1 aromatic heterocycles. The Kier molecular flexibility index (Phi) is 6.58. The maximum atomic E-state index is 12.3. The summed E-state index contributed by atoms with van der Waals surface area (Å²) in [5.41, 5.74) is 2.56. The molecule has 0 fully saturated rings. The van der Waals surface area contributed by atoms with E-state index in [1.807, 2.05) is 58.0 Å². The minimum atomic E-state index is -0.610. The Hall–Kier alpha value is -2.34. The van der Waals surface area contributed by atoms with Gasteiger partial charge in [-0.3, -0.25) is 0 Å². The Balaban J connectivity index is 1.90. The highest BCUT2D eigenvalue weighted by molar-refractivity contribution is 5.74. The Morgan fingerprint density at radius 2 is 1.92 bits per heavy atom. The summed E-state index contributed by atoms with van der Waals surface area (Å²) in [6, 6.07) is 8.85. The molecule has 3 atom stereocenters. The van der Waals surface area contributed by atoms with E-state index in [1.54, 1.807) is 0 Å². The van der Waals surface area contributed by atoms with Crippen LogP contribution in [0.1, 0.15) is 61.4 Å². The van der Waals surface area contributed by atoms with E-state index in [4.69, 9.17) is 4.52 Å². The van der Waals surface area contributed by atoms with Crippen molar-refractivity contribution in [1.29, 1.82) is 0 Å². The van der Waals surface area contributed by atoms with E-state index in [0.29, 0.717) is 6.42 Å². The van der Waals surface area contributed by atoms with E-state index >= 15 is 0 Å². The van der Waals surface area contributed by atoms with Crippen LogP contribution in [0.25, 0.3) is 0 Å². The van der Waals surface area contributed by atoms with Gasteiger partial charge in [0.25, 0.3) is 0 Å². The fraction of sp³-hybridized carbons (Fsp3) is 0.474. The summed E-state index contributed by atoms with van der Waals surface area (Å²) in [5, 5.41) is 20.1. The molecule has 2 aromatic rings. The van der Waals surface area contributed by atoms with Crippen LogP contribution in [-0.2, 0) is 0 Å². The van der Waals surface area contributed by atoms with E-state index in [9.17, 15) is 9.90 Å². The maximum Gasteiger partial charge on any atom is 0.315 e. The normalized spacial score (nSPS) is 14.6. The van der Waals surface area contributed by atoms with Gasteiger partial charge in [-0.25, -0.2) is 4.79 Å². The lowest BCUT2D eigenvalue weighted by molar-refractivity contribution is 0.154. The molecule has 0 radical (unpaired) electrons. The van der Waals surface area contributed by atoms with Crippen LogP contribution in [0.15, 0.2) is 34.9 Å². The van der Waals surface area contributed by atoms with Crippen LogP contribution in [0.2, 0.25) is 0 Å². The van der Waals surface area contributed by atoms with Crippen molar-refractivity contribution < 1.29 is 14.4 Å². The second-order valence-corrected chi connectivity index (χ2v) is 6.38. The molecule has 1 aromatic carbocycles. The molecular formula is C19H27N3O3. The zero-order valence-corrected chi connectivity index (χ0v) is 15.2. The van der Waals surface area contributed by atoms with Crippen LogP contribution in [0.3, 0.4) is 0 Å². The number of aromatic nitrogens is 1. The van der Waals surface area contributed by atoms with Gasteiger partial charge in [0.2, 0.25) is 0 Å². The third-order valence-corrected chi connectivity index (χ3v) is 4.29. The molecule has 0 spiro atoms. The largest absolute Gasteiger partial charge is 0.388 e. The molecule has 2 rings (SSSR count). The summed E-state index contributed by atoms with van der Waals surface area (Å²) in [6.45, 7) is 7.59. The number of nitrogens with zero attached hydrogens (tertiary/aromatic N) is 1. The van der Waals surface area contributed by atoms with Crippen molar-refractivity contribution in [2.24, 2.45) is 0 Å². The van der Waals surface area contributed by atoms with Gasteiger partial charge in [0.1, 0.15) is 5.76 Å². The second-order valence-electron chi connectivity index (χ2n) is 6.38. The van der Waals surface area contributed by atoms with Crippen LogP contribution >= 0.6 is 0 Å². The lowest BCUT2D eigenvalue weighted by atomic mass is 10.0. The summed E-state index contributed by atoms with van der Waals surface area (Å²) >= 11 is 0. The first-order valence-electron chi connectivity index (χ1n) is 8.65. The number of nitrogens with one attached hydrogen (secondary N) is 2. The molecule has 6 nitrogen and oxygen atoms in total. The SMILES string of the molecule is CCC(NC(=O)NC(C)CC(O)c1ccccc1)c1c(C)noc1C. The number of hydrogen-bond donors (Lipinski definition) is 3. The molecule has 3 unspecified atom stereocenters. The molecule has 0 aliphatic rings. The van der Waals surface area contributed by atoms with Gasteiger partial charge in [0, 0.05) is 11.6 Å². The second kappa shape index (κ2) is 8.67. The fourth-order valence-corrected chi connectivity index (χ4v) is 2.99. The van der Waals surface area contributed by atoms with Crippen molar-refractivity contribution in [3.63, 3.8) is 0 Å². The van der Waals surface area contributed by atoms with Gasteiger partial charge in [-0.05, 0) is 39.2 Å². The van der Waals surface area contributed by atoms with E-state index < -0.39 is 6.10 Å². The molecule has 0 saturated heterocycles. The smallest absolute Gasteiger partial charge is 0.315 e. The monoisotopic (exact) mass is 345 g/mol. The molecule has 2 amide bonds. The molecule has 0 aliphatic heterocycles. The molecule has 0 aliphatic carbocycles. The van der Waals surface area contributed by atoms with Crippen LogP contribution in [-0.4, -0.2) is 22.3 Å². The average molecular weight is 345 g/mol. The zero-order valence-electron chi connectivity index (χ0n) is 15.2. The molecule has 25 heavy (non-hydrogen) atoms. The van der Waals surface area contributed by atoms with E-state index in [1.165, 1.54) is 0 Å². The van der Waals surface area contributed by atoms with Crippen molar-refractivity contribution in [3.8, 4) is 0 Å². The van der Waals surface area contributed by atoms with Gasteiger partial charge >= 0.3 is 6.03 Å². The van der Waals surface area contributed by atoms with Crippen LogP contribution in [0.4, 0.5) is 4.79 Å². The maximum absolute atomic E-state index is 12.3. The van der Waals surface area contributed by atoms with Crippen molar-refractivity contribution in [1.82, 2.24) is 15.8 Å². The lowest BCUT2D eigenvalue weighted by Gasteiger charge is -2.21. The third-order valence-electron chi connectivity index (χ3n) is 4.29. The predicted octanol–water partition coefficient (Wildman–Crippen LogP) is 3.55. The summed E-state index contributed by atoms with van der Waals surface area (Å²) < 4.78 is 5.19. The van der Waals surface area contributed by atoms with Crippen molar-refractivity contribution in [2.75, 3.05) is 0 Å². The molecular weight excluding hydrogens is 318 g/mol. The highest BCUT2D eigenvalue weighted by atomic mass is 16.5. The van der Waals surface area contributed by atoms with Gasteiger partial charge in [-0.15, -0.1) is 0 Å². The minimum absolute atomic E-state index is 0.155.